The van der Waals surface area contributed by atoms with Crippen LogP contribution in [0.3, 0.4) is 0 Å². The average molecular weight is 463 g/mol. The van der Waals surface area contributed by atoms with E-state index in [2.05, 4.69) is 10.3 Å². The maximum atomic E-state index is 12.9. The first-order valence-electron chi connectivity index (χ1n) is 11.2. The fourth-order valence-corrected chi connectivity index (χ4v) is 3.44. The number of pyridine rings is 1. The predicted molar refractivity (Wildman–Crippen MR) is 131 cm³/mol. The number of benzene rings is 2. The van der Waals surface area contributed by atoms with Crippen LogP contribution in [0.4, 0.5) is 16.2 Å². The Hall–Kier alpha value is -3.91. The van der Waals surface area contributed by atoms with Crippen molar-refractivity contribution >= 4 is 23.4 Å². The van der Waals surface area contributed by atoms with Gasteiger partial charge in [0, 0.05) is 37.7 Å². The van der Waals surface area contributed by atoms with Gasteiger partial charge < -0.3 is 25.8 Å². The number of nitrogen functional groups attached to an aromatic ring is 1. The van der Waals surface area contributed by atoms with Crippen molar-refractivity contribution in [2.75, 3.05) is 24.2 Å². The standard InChI is InChI=1S/C26H30N4O4/c1-2-24(34-26(33)30(16-5-17-31)18-19-12-14-28-15-13-19)20-8-10-21(11-9-20)25(32)29-23-7-4-3-6-22(23)27/h3-4,6-15,24,31H,2,5,16-18,27H2,1H3,(H,29,32)/t24-/m0/s1. The van der Waals surface area contributed by atoms with Crippen molar-refractivity contribution in [1.82, 2.24) is 9.88 Å². The lowest BCUT2D eigenvalue weighted by Gasteiger charge is -2.25. The molecule has 178 valence electrons. The summed E-state index contributed by atoms with van der Waals surface area (Å²) in [6.45, 7) is 2.64. The van der Waals surface area contributed by atoms with Gasteiger partial charge in [0.15, 0.2) is 0 Å². The number of hydrogen-bond acceptors (Lipinski definition) is 6. The number of para-hydroxylation sites is 2. The molecule has 3 rings (SSSR count). The summed E-state index contributed by atoms with van der Waals surface area (Å²) >= 11 is 0. The van der Waals surface area contributed by atoms with Crippen LogP contribution in [0.25, 0.3) is 0 Å². The first kappa shape index (κ1) is 24.7. The summed E-state index contributed by atoms with van der Waals surface area (Å²) in [6.07, 6.45) is 3.43. The van der Waals surface area contributed by atoms with Crippen molar-refractivity contribution in [3.63, 3.8) is 0 Å². The topological polar surface area (TPSA) is 118 Å². The molecule has 4 N–H and O–H groups in total. The minimum absolute atomic E-state index is 0.0184. The van der Waals surface area contributed by atoms with Crippen LogP contribution in [-0.4, -0.2) is 40.1 Å². The minimum atomic E-state index is -0.469. The number of anilines is 2. The molecule has 2 aromatic carbocycles. The van der Waals surface area contributed by atoms with Crippen LogP contribution in [0.1, 0.15) is 47.4 Å². The van der Waals surface area contributed by atoms with Gasteiger partial charge >= 0.3 is 6.09 Å². The smallest absolute Gasteiger partial charge is 0.410 e. The maximum absolute atomic E-state index is 12.9. The highest BCUT2D eigenvalue weighted by Gasteiger charge is 2.21. The van der Waals surface area contributed by atoms with Crippen LogP contribution in [0, 0.1) is 0 Å². The Morgan fingerprint density at radius 2 is 1.79 bits per heavy atom. The Bertz CT molecular complexity index is 1070. The molecule has 0 aliphatic rings. The fourth-order valence-electron chi connectivity index (χ4n) is 3.44. The molecule has 0 aliphatic carbocycles. The number of nitrogens with zero attached hydrogens (tertiary/aromatic N) is 2. The number of nitrogens with two attached hydrogens (primary N) is 1. The Morgan fingerprint density at radius 1 is 1.09 bits per heavy atom. The third kappa shape index (κ3) is 6.79. The largest absolute Gasteiger partial charge is 0.441 e. The van der Waals surface area contributed by atoms with Gasteiger partial charge in [-0.2, -0.15) is 0 Å². The molecular formula is C26H30N4O4. The van der Waals surface area contributed by atoms with Gasteiger partial charge in [0.25, 0.3) is 5.91 Å². The number of aromatic nitrogens is 1. The van der Waals surface area contributed by atoms with Crippen molar-refractivity contribution in [2.45, 2.75) is 32.4 Å². The van der Waals surface area contributed by atoms with E-state index in [0.29, 0.717) is 42.9 Å². The van der Waals surface area contributed by atoms with E-state index in [4.69, 9.17) is 10.5 Å². The minimum Gasteiger partial charge on any atom is -0.441 e. The van der Waals surface area contributed by atoms with Gasteiger partial charge in [-0.05, 0) is 60.4 Å². The highest BCUT2D eigenvalue weighted by molar-refractivity contribution is 6.05. The maximum Gasteiger partial charge on any atom is 0.410 e. The number of hydrogen-bond donors (Lipinski definition) is 3. The highest BCUT2D eigenvalue weighted by atomic mass is 16.6. The molecule has 0 saturated heterocycles. The third-order valence-corrected chi connectivity index (χ3v) is 5.33. The monoisotopic (exact) mass is 462 g/mol. The van der Waals surface area contributed by atoms with Crippen molar-refractivity contribution in [3.05, 3.63) is 89.7 Å². The summed E-state index contributed by atoms with van der Waals surface area (Å²) < 4.78 is 5.80. The zero-order chi connectivity index (χ0) is 24.3. The van der Waals surface area contributed by atoms with E-state index in [1.165, 1.54) is 0 Å². The highest BCUT2D eigenvalue weighted by Crippen LogP contribution is 2.24. The molecule has 8 nitrogen and oxygen atoms in total. The SMILES string of the molecule is CC[C@H](OC(=O)N(CCCO)Cc1ccncc1)c1ccc(C(=O)Nc2ccccc2N)cc1. The molecule has 0 saturated carbocycles. The Labute approximate surface area is 199 Å². The molecule has 1 atom stereocenters. The quantitative estimate of drug-likeness (QED) is 0.385. The van der Waals surface area contributed by atoms with Crippen LogP contribution < -0.4 is 11.1 Å². The van der Waals surface area contributed by atoms with Gasteiger partial charge in [-0.1, -0.05) is 31.2 Å². The molecule has 1 heterocycles. The zero-order valence-corrected chi connectivity index (χ0v) is 19.2. The van der Waals surface area contributed by atoms with Gasteiger partial charge in [0.2, 0.25) is 0 Å². The first-order valence-corrected chi connectivity index (χ1v) is 11.2. The lowest BCUT2D eigenvalue weighted by atomic mass is 10.0. The van der Waals surface area contributed by atoms with E-state index in [1.54, 1.807) is 65.8 Å². The predicted octanol–water partition coefficient (Wildman–Crippen LogP) is 4.39. The molecule has 1 aromatic heterocycles. The van der Waals surface area contributed by atoms with E-state index >= 15 is 0 Å². The zero-order valence-electron chi connectivity index (χ0n) is 19.2. The molecule has 0 aliphatic heterocycles. The number of aliphatic hydroxyl groups is 1. The number of aliphatic hydroxyl groups excluding tert-OH is 1. The van der Waals surface area contributed by atoms with Gasteiger partial charge in [-0.15, -0.1) is 0 Å². The number of carbonyl (C=O) groups is 2. The number of amides is 2. The van der Waals surface area contributed by atoms with Crippen LogP contribution >= 0.6 is 0 Å². The lowest BCUT2D eigenvalue weighted by molar-refractivity contribution is 0.0566. The summed E-state index contributed by atoms with van der Waals surface area (Å²) in [4.78, 5) is 31.1. The summed E-state index contributed by atoms with van der Waals surface area (Å²) in [5.41, 5.74) is 9.11. The van der Waals surface area contributed by atoms with Crippen molar-refractivity contribution in [1.29, 1.82) is 0 Å². The van der Waals surface area contributed by atoms with Crippen molar-refractivity contribution < 1.29 is 19.4 Å². The van der Waals surface area contributed by atoms with E-state index in [1.807, 2.05) is 19.1 Å². The number of nitrogens with one attached hydrogen (secondary N) is 1. The second-order valence-electron chi connectivity index (χ2n) is 7.80. The molecule has 8 heteroatoms. The molecular weight excluding hydrogens is 432 g/mol. The molecule has 34 heavy (non-hydrogen) atoms. The normalized spacial score (nSPS) is 11.5. The number of ether oxygens (including phenoxy) is 1. The van der Waals surface area contributed by atoms with Crippen molar-refractivity contribution in [2.24, 2.45) is 0 Å². The molecule has 0 spiro atoms. The number of rotatable bonds is 10. The second-order valence-corrected chi connectivity index (χ2v) is 7.80. The van der Waals surface area contributed by atoms with Crippen LogP contribution in [0.5, 0.6) is 0 Å². The average Bonchev–Trinajstić information content (AvgIpc) is 2.87. The van der Waals surface area contributed by atoms with Crippen LogP contribution in [-0.2, 0) is 11.3 Å². The summed E-state index contributed by atoms with van der Waals surface area (Å²) in [6, 6.07) is 17.7. The lowest BCUT2D eigenvalue weighted by Crippen LogP contribution is -2.33. The Morgan fingerprint density at radius 3 is 2.44 bits per heavy atom. The van der Waals surface area contributed by atoms with Crippen LogP contribution in [0.15, 0.2) is 73.1 Å². The van der Waals surface area contributed by atoms with Gasteiger partial charge in [-0.3, -0.25) is 9.78 Å². The molecule has 0 radical (unpaired) electrons. The second kappa shape index (κ2) is 12.4. The van der Waals surface area contributed by atoms with Gasteiger partial charge in [0.05, 0.1) is 11.4 Å². The number of carbonyl (C=O) groups excluding carboxylic acids is 2. The summed E-state index contributed by atoms with van der Waals surface area (Å²) in [5.74, 6) is -0.276. The van der Waals surface area contributed by atoms with Crippen LogP contribution in [0.2, 0.25) is 0 Å². The molecule has 2 amide bonds. The third-order valence-electron chi connectivity index (χ3n) is 5.33. The molecule has 3 aromatic rings. The van der Waals surface area contributed by atoms with Gasteiger partial charge in [0.1, 0.15) is 6.10 Å². The van der Waals surface area contributed by atoms with E-state index in [9.17, 15) is 14.7 Å². The summed E-state index contributed by atoms with van der Waals surface area (Å²) in [7, 11) is 0. The summed E-state index contributed by atoms with van der Waals surface area (Å²) in [5, 5.41) is 12.0. The van der Waals surface area contributed by atoms with E-state index in [0.717, 1.165) is 11.1 Å². The van der Waals surface area contributed by atoms with Gasteiger partial charge in [-0.25, -0.2) is 4.79 Å². The molecule has 0 fully saturated rings. The van der Waals surface area contributed by atoms with E-state index in [-0.39, 0.29) is 12.5 Å². The molecule has 0 bridgehead atoms. The molecule has 0 unspecified atom stereocenters. The van der Waals surface area contributed by atoms with E-state index < -0.39 is 12.2 Å². The Kier molecular flexibility index (Phi) is 8.99. The van der Waals surface area contributed by atoms with Crippen molar-refractivity contribution in [3.8, 4) is 0 Å². The Balaban J connectivity index is 1.66. The fraction of sp³-hybridized carbons (Fsp3) is 0.269. The first-order chi connectivity index (χ1) is 16.5.